The van der Waals surface area contributed by atoms with Gasteiger partial charge in [0.15, 0.2) is 9.84 Å². The molecule has 0 bridgehead atoms. The van der Waals surface area contributed by atoms with Crippen molar-refractivity contribution >= 4 is 32.5 Å². The van der Waals surface area contributed by atoms with E-state index in [0.717, 1.165) is 35.2 Å². The fourth-order valence-electron chi connectivity index (χ4n) is 4.78. The van der Waals surface area contributed by atoms with Crippen LogP contribution in [-0.4, -0.2) is 73.3 Å². The van der Waals surface area contributed by atoms with Gasteiger partial charge in [-0.25, -0.2) is 13.2 Å². The number of piperazine rings is 1. The fraction of sp³-hybridized carbons (Fsp3) is 0.391. The van der Waals surface area contributed by atoms with Crippen molar-refractivity contribution in [2.45, 2.75) is 12.3 Å². The number of pyridine rings is 1. The first-order valence-electron chi connectivity index (χ1n) is 10.9. The number of aromatic nitrogens is 2. The summed E-state index contributed by atoms with van der Waals surface area (Å²) in [6.07, 6.45) is 4.77. The number of hydrogen-bond donors (Lipinski definition) is 1. The molecule has 0 atom stereocenters. The van der Waals surface area contributed by atoms with E-state index in [1.165, 1.54) is 10.8 Å². The van der Waals surface area contributed by atoms with Crippen LogP contribution in [0.1, 0.15) is 11.1 Å². The van der Waals surface area contributed by atoms with Crippen molar-refractivity contribution in [3.05, 3.63) is 52.1 Å². The van der Waals surface area contributed by atoms with Crippen LogP contribution in [0.15, 0.2) is 35.4 Å². The average Bonchev–Trinajstić information content (AvgIpc) is 3.12. The number of amides is 2. The molecule has 0 unspecified atom stereocenters. The van der Waals surface area contributed by atoms with Crippen molar-refractivity contribution in [1.82, 2.24) is 19.4 Å². The van der Waals surface area contributed by atoms with Gasteiger partial charge in [0, 0.05) is 68.4 Å². The van der Waals surface area contributed by atoms with Gasteiger partial charge < -0.3 is 19.4 Å². The molecule has 10 heteroatoms. The maximum atomic E-state index is 13.7. The Morgan fingerprint density at radius 1 is 1.09 bits per heavy atom. The first-order chi connectivity index (χ1) is 15.6. The Bertz CT molecular complexity index is 1430. The SMILES string of the molecule is CN1CCN(C(=O)N2Cc3c[nH]c4c(=O)n(C)cc(c34)-c3cc(CS(C)(=O)=O)ccc32)CC1. The quantitative estimate of drug-likeness (QED) is 0.617. The van der Waals surface area contributed by atoms with Gasteiger partial charge in [0.2, 0.25) is 0 Å². The van der Waals surface area contributed by atoms with E-state index in [9.17, 15) is 18.0 Å². The predicted octanol–water partition coefficient (Wildman–Crippen LogP) is 1.77. The van der Waals surface area contributed by atoms with Crippen LogP contribution in [0.2, 0.25) is 0 Å². The van der Waals surface area contributed by atoms with Crippen molar-refractivity contribution in [1.29, 1.82) is 0 Å². The molecule has 1 saturated heterocycles. The van der Waals surface area contributed by atoms with E-state index in [0.29, 0.717) is 36.4 Å². The third kappa shape index (κ3) is 3.83. The molecule has 1 fully saturated rings. The minimum atomic E-state index is -3.24. The molecule has 2 aliphatic heterocycles. The number of carbonyl (C=O) groups is 1. The van der Waals surface area contributed by atoms with Gasteiger partial charge in [-0.15, -0.1) is 0 Å². The molecule has 3 aromatic rings. The number of H-pyrrole nitrogens is 1. The van der Waals surface area contributed by atoms with Crippen molar-refractivity contribution in [3.8, 4) is 11.1 Å². The summed E-state index contributed by atoms with van der Waals surface area (Å²) >= 11 is 0. The van der Waals surface area contributed by atoms with Gasteiger partial charge in [0.05, 0.1) is 18.0 Å². The second-order valence-corrected chi connectivity index (χ2v) is 11.2. The van der Waals surface area contributed by atoms with Gasteiger partial charge >= 0.3 is 6.03 Å². The molecule has 174 valence electrons. The number of carbonyl (C=O) groups excluding carboxylic acids is 1. The summed E-state index contributed by atoms with van der Waals surface area (Å²) in [5.74, 6) is -0.0956. The highest BCUT2D eigenvalue weighted by molar-refractivity contribution is 7.89. The van der Waals surface area contributed by atoms with E-state index < -0.39 is 9.84 Å². The van der Waals surface area contributed by atoms with Gasteiger partial charge in [-0.05, 0) is 30.3 Å². The number of urea groups is 1. The van der Waals surface area contributed by atoms with Crippen molar-refractivity contribution in [2.75, 3.05) is 44.4 Å². The molecule has 1 aromatic carbocycles. The van der Waals surface area contributed by atoms with Crippen LogP contribution in [0, 0.1) is 0 Å². The lowest BCUT2D eigenvalue weighted by molar-refractivity contribution is 0.159. The molecule has 0 radical (unpaired) electrons. The lowest BCUT2D eigenvalue weighted by Crippen LogP contribution is -2.51. The molecule has 0 saturated carbocycles. The maximum absolute atomic E-state index is 13.7. The largest absolute Gasteiger partial charge is 0.356 e. The molecule has 1 N–H and O–H groups in total. The van der Waals surface area contributed by atoms with Crippen LogP contribution in [0.5, 0.6) is 0 Å². The summed E-state index contributed by atoms with van der Waals surface area (Å²) < 4.78 is 25.4. The number of benzene rings is 1. The summed E-state index contributed by atoms with van der Waals surface area (Å²) in [6.45, 7) is 3.22. The minimum absolute atomic E-state index is 0.0888. The van der Waals surface area contributed by atoms with Crippen LogP contribution in [0.4, 0.5) is 10.5 Å². The fourth-order valence-corrected chi connectivity index (χ4v) is 5.57. The van der Waals surface area contributed by atoms with Crippen LogP contribution in [0.3, 0.4) is 0 Å². The number of aromatic amines is 1. The maximum Gasteiger partial charge on any atom is 0.324 e. The molecule has 33 heavy (non-hydrogen) atoms. The summed E-state index contributed by atoms with van der Waals surface area (Å²) in [5.41, 5.74) is 4.11. The molecule has 2 aliphatic rings. The molecular formula is C23H27N5O4S. The smallest absolute Gasteiger partial charge is 0.324 e. The predicted molar refractivity (Wildman–Crippen MR) is 128 cm³/mol. The Hall–Kier alpha value is -3.11. The number of rotatable bonds is 2. The molecule has 2 aromatic heterocycles. The average molecular weight is 470 g/mol. The van der Waals surface area contributed by atoms with Crippen LogP contribution >= 0.6 is 0 Å². The number of hydrogen-bond acceptors (Lipinski definition) is 5. The number of aryl methyl sites for hydroxylation is 1. The monoisotopic (exact) mass is 469 g/mol. The van der Waals surface area contributed by atoms with Gasteiger partial charge in [0.1, 0.15) is 5.52 Å². The van der Waals surface area contributed by atoms with E-state index in [1.54, 1.807) is 30.4 Å². The highest BCUT2D eigenvalue weighted by atomic mass is 32.2. The molecule has 0 aliphatic carbocycles. The Labute approximate surface area is 192 Å². The molecular weight excluding hydrogens is 442 g/mol. The van der Waals surface area contributed by atoms with Gasteiger partial charge in [0.25, 0.3) is 5.56 Å². The zero-order valence-electron chi connectivity index (χ0n) is 19.0. The summed E-state index contributed by atoms with van der Waals surface area (Å²) in [5, 5.41) is 0.782. The third-order valence-electron chi connectivity index (χ3n) is 6.49. The molecule has 9 nitrogen and oxygen atoms in total. The Morgan fingerprint density at radius 3 is 2.52 bits per heavy atom. The topological polar surface area (TPSA) is 98.7 Å². The zero-order chi connectivity index (χ0) is 23.5. The number of likely N-dealkylation sites (N-methyl/N-ethyl adjacent to an activating group) is 1. The number of fused-ring (bicyclic) bond motifs is 2. The van der Waals surface area contributed by atoms with E-state index in [4.69, 9.17) is 0 Å². The van der Waals surface area contributed by atoms with E-state index in [2.05, 4.69) is 9.88 Å². The molecule has 5 rings (SSSR count). The number of nitrogens with zero attached hydrogens (tertiary/aromatic N) is 4. The first kappa shape index (κ1) is 21.7. The van der Waals surface area contributed by atoms with Crippen LogP contribution in [-0.2, 0) is 29.2 Å². The van der Waals surface area contributed by atoms with E-state index >= 15 is 0 Å². The number of sulfone groups is 1. The van der Waals surface area contributed by atoms with Crippen molar-refractivity contribution in [2.24, 2.45) is 7.05 Å². The summed E-state index contributed by atoms with van der Waals surface area (Å²) in [7, 11) is 0.497. The van der Waals surface area contributed by atoms with Crippen molar-refractivity contribution in [3.63, 3.8) is 0 Å². The van der Waals surface area contributed by atoms with Gasteiger partial charge in [-0.1, -0.05) is 6.07 Å². The highest BCUT2D eigenvalue weighted by Gasteiger charge is 2.31. The lowest BCUT2D eigenvalue weighted by Gasteiger charge is -2.36. The van der Waals surface area contributed by atoms with Crippen LogP contribution < -0.4 is 10.5 Å². The van der Waals surface area contributed by atoms with Gasteiger partial charge in [-0.3, -0.25) is 9.69 Å². The van der Waals surface area contributed by atoms with Crippen LogP contribution in [0.25, 0.3) is 22.0 Å². The lowest BCUT2D eigenvalue weighted by atomic mass is 9.99. The summed E-state index contributed by atoms with van der Waals surface area (Å²) in [4.78, 5) is 35.3. The molecule has 0 spiro atoms. The third-order valence-corrected chi connectivity index (χ3v) is 7.35. The zero-order valence-corrected chi connectivity index (χ0v) is 19.8. The second-order valence-electron chi connectivity index (χ2n) is 9.10. The Morgan fingerprint density at radius 2 is 1.82 bits per heavy atom. The molecule has 4 heterocycles. The van der Waals surface area contributed by atoms with E-state index in [-0.39, 0.29) is 17.3 Å². The number of anilines is 1. The summed E-state index contributed by atoms with van der Waals surface area (Å²) in [6, 6.07) is 5.35. The van der Waals surface area contributed by atoms with Crippen molar-refractivity contribution < 1.29 is 13.2 Å². The van der Waals surface area contributed by atoms with E-state index in [1.807, 2.05) is 24.1 Å². The second kappa shape index (κ2) is 7.74. The normalized spacial score (nSPS) is 16.7. The Kier molecular flexibility index (Phi) is 5.09. The Balaban J connectivity index is 1.70. The minimum Gasteiger partial charge on any atom is -0.356 e. The van der Waals surface area contributed by atoms with Gasteiger partial charge in [-0.2, -0.15) is 0 Å². The molecule has 2 amide bonds. The number of nitrogens with one attached hydrogen (secondary N) is 1. The first-order valence-corrected chi connectivity index (χ1v) is 12.9. The standard InChI is InChI=1S/C23H27N5O4S/c1-25-6-8-27(9-7-25)23(30)28-12-16-11-24-21-20(16)18(13-26(2)22(21)29)17-10-15(4-5-19(17)28)14-33(3,31)32/h4-5,10-11,13,24H,6-9,12,14H2,1-3H3. The highest BCUT2D eigenvalue weighted by Crippen LogP contribution is 2.41.